The quantitative estimate of drug-likeness (QED) is 0.648. The molecule has 0 aromatic heterocycles. The van der Waals surface area contributed by atoms with Gasteiger partial charge in [0.15, 0.2) is 0 Å². The number of halogens is 3. The summed E-state index contributed by atoms with van der Waals surface area (Å²) in [6.45, 7) is 1.38. The van der Waals surface area contributed by atoms with Crippen molar-refractivity contribution in [3.63, 3.8) is 0 Å². The largest absolute Gasteiger partial charge is 0.464 e. The molecule has 0 aromatic carbocycles. The molecule has 2 N–H and O–H groups in total. The lowest BCUT2D eigenvalue weighted by atomic mass is 10.2. The van der Waals surface area contributed by atoms with E-state index in [1.807, 2.05) is 0 Å². The lowest BCUT2D eigenvalue weighted by Crippen LogP contribution is -2.43. The third-order valence-electron chi connectivity index (χ3n) is 1.14. The molecular weight excluding hydrogens is 175 g/mol. The second kappa shape index (κ2) is 4.97. The molecule has 0 heterocycles. The van der Waals surface area contributed by atoms with Gasteiger partial charge in [-0.1, -0.05) is 0 Å². The van der Waals surface area contributed by atoms with Crippen LogP contribution in [0.15, 0.2) is 0 Å². The van der Waals surface area contributed by atoms with Gasteiger partial charge >= 0.3 is 5.97 Å². The van der Waals surface area contributed by atoms with Crippen LogP contribution in [-0.2, 0) is 9.53 Å². The zero-order valence-corrected chi connectivity index (χ0v) is 6.47. The molecule has 0 fully saturated rings. The lowest BCUT2D eigenvalue weighted by molar-refractivity contribution is -0.151. The number of hydrogen-bond acceptors (Lipinski definition) is 3. The van der Waals surface area contributed by atoms with Crippen LogP contribution in [0.25, 0.3) is 0 Å². The van der Waals surface area contributed by atoms with Crippen LogP contribution in [0.4, 0.5) is 13.2 Å². The second-order valence-corrected chi connectivity index (χ2v) is 2.07. The van der Waals surface area contributed by atoms with Crippen LogP contribution in [0, 0.1) is 0 Å². The maximum atomic E-state index is 12.5. The van der Waals surface area contributed by atoms with Crippen LogP contribution in [0.2, 0.25) is 0 Å². The van der Waals surface area contributed by atoms with Gasteiger partial charge in [-0.15, -0.1) is 0 Å². The monoisotopic (exact) mass is 185 g/mol. The summed E-state index contributed by atoms with van der Waals surface area (Å²) in [5, 5.41) is 0. The second-order valence-electron chi connectivity index (χ2n) is 2.07. The summed E-state index contributed by atoms with van der Waals surface area (Å²) in [4.78, 5) is 10.5. The highest BCUT2D eigenvalue weighted by atomic mass is 19.3. The Labute approximate surface area is 67.7 Å². The summed E-state index contributed by atoms with van der Waals surface area (Å²) in [7, 11) is 0. The minimum absolute atomic E-state index is 0.0603. The van der Waals surface area contributed by atoms with Crippen molar-refractivity contribution in [1.82, 2.24) is 0 Å². The molecule has 0 aliphatic heterocycles. The number of carbonyl (C=O) groups excluding carboxylic acids is 1. The Hall–Kier alpha value is -0.780. The average Bonchev–Trinajstić information content (AvgIpc) is 2.02. The Morgan fingerprint density at radius 2 is 2.00 bits per heavy atom. The molecule has 0 aliphatic carbocycles. The fraction of sp³-hybridized carbons (Fsp3) is 0.833. The number of alkyl halides is 3. The molecule has 2 atom stereocenters. The predicted octanol–water partition coefficient (Wildman–Crippen LogP) is 0.480. The summed E-state index contributed by atoms with van der Waals surface area (Å²) < 4.78 is 40.1. The first-order valence-electron chi connectivity index (χ1n) is 3.35. The van der Waals surface area contributed by atoms with Crippen molar-refractivity contribution in [2.45, 2.75) is 25.6 Å². The fourth-order valence-electron chi connectivity index (χ4n) is 0.507. The van der Waals surface area contributed by atoms with Gasteiger partial charge in [0.05, 0.1) is 6.61 Å². The molecule has 0 bridgehead atoms. The molecule has 0 aliphatic rings. The van der Waals surface area contributed by atoms with Crippen LogP contribution in [0.5, 0.6) is 0 Å². The summed E-state index contributed by atoms with van der Waals surface area (Å²) in [6.07, 6.45) is -5.52. The Morgan fingerprint density at radius 1 is 1.50 bits per heavy atom. The van der Waals surface area contributed by atoms with E-state index in [4.69, 9.17) is 0 Å². The van der Waals surface area contributed by atoms with E-state index >= 15 is 0 Å². The van der Waals surface area contributed by atoms with E-state index in [-0.39, 0.29) is 6.61 Å². The zero-order valence-electron chi connectivity index (χ0n) is 6.47. The molecule has 12 heavy (non-hydrogen) atoms. The molecule has 0 amide bonds. The zero-order chi connectivity index (χ0) is 9.72. The number of nitrogens with two attached hydrogens (primary N) is 1. The lowest BCUT2D eigenvalue weighted by Gasteiger charge is -2.13. The van der Waals surface area contributed by atoms with E-state index in [9.17, 15) is 18.0 Å². The maximum absolute atomic E-state index is 12.5. The standard InChI is InChI=1S/C6H10F3NO2/c1-2-12-6(11)3(7)4(10)5(8)9/h3-5H,2,10H2,1H3. The molecule has 6 heteroatoms. The number of ether oxygens (including phenoxy) is 1. The molecule has 0 saturated carbocycles. The Bertz CT molecular complexity index is 154. The smallest absolute Gasteiger partial charge is 0.342 e. The highest BCUT2D eigenvalue weighted by Crippen LogP contribution is 2.07. The normalized spacial score (nSPS) is 15.8. The summed E-state index contributed by atoms with van der Waals surface area (Å²) in [6, 6.07) is -2.11. The van der Waals surface area contributed by atoms with E-state index in [1.54, 1.807) is 0 Å². The van der Waals surface area contributed by atoms with Gasteiger partial charge < -0.3 is 10.5 Å². The Kier molecular flexibility index (Phi) is 4.65. The van der Waals surface area contributed by atoms with Crippen LogP contribution in [0.1, 0.15) is 6.92 Å². The molecular formula is C6H10F3NO2. The number of rotatable bonds is 4. The van der Waals surface area contributed by atoms with Crippen molar-refractivity contribution in [1.29, 1.82) is 0 Å². The van der Waals surface area contributed by atoms with Gasteiger partial charge in [-0.05, 0) is 6.92 Å². The maximum Gasteiger partial charge on any atom is 0.342 e. The highest BCUT2D eigenvalue weighted by Gasteiger charge is 2.32. The van der Waals surface area contributed by atoms with Crippen molar-refractivity contribution in [3.8, 4) is 0 Å². The third kappa shape index (κ3) is 3.08. The van der Waals surface area contributed by atoms with Crippen LogP contribution < -0.4 is 5.73 Å². The first-order chi connectivity index (χ1) is 5.50. The fourth-order valence-corrected chi connectivity index (χ4v) is 0.507. The minimum atomic E-state index is -3.07. The predicted molar refractivity (Wildman–Crippen MR) is 35.5 cm³/mol. The summed E-state index contributed by atoms with van der Waals surface area (Å²) in [5.41, 5.74) is 4.67. The summed E-state index contributed by atoms with van der Waals surface area (Å²) >= 11 is 0. The van der Waals surface area contributed by atoms with Gasteiger partial charge in [-0.3, -0.25) is 0 Å². The van der Waals surface area contributed by atoms with Crippen LogP contribution in [0.3, 0.4) is 0 Å². The molecule has 0 aromatic rings. The Morgan fingerprint density at radius 3 is 2.33 bits per heavy atom. The third-order valence-corrected chi connectivity index (χ3v) is 1.14. The van der Waals surface area contributed by atoms with Gasteiger partial charge in [0.1, 0.15) is 6.04 Å². The van der Waals surface area contributed by atoms with Crippen molar-refractivity contribution in [3.05, 3.63) is 0 Å². The molecule has 2 unspecified atom stereocenters. The highest BCUT2D eigenvalue weighted by molar-refractivity contribution is 5.75. The topological polar surface area (TPSA) is 52.3 Å². The van der Waals surface area contributed by atoms with Crippen molar-refractivity contribution >= 4 is 5.97 Å². The van der Waals surface area contributed by atoms with Gasteiger partial charge in [0.2, 0.25) is 6.17 Å². The van der Waals surface area contributed by atoms with E-state index < -0.39 is 24.6 Å². The number of carbonyl (C=O) groups is 1. The van der Waals surface area contributed by atoms with Gasteiger partial charge in [0, 0.05) is 0 Å². The average molecular weight is 185 g/mol. The van der Waals surface area contributed by atoms with Gasteiger partial charge in [-0.25, -0.2) is 18.0 Å². The van der Waals surface area contributed by atoms with E-state index in [2.05, 4.69) is 10.5 Å². The first-order valence-corrected chi connectivity index (χ1v) is 3.35. The molecule has 3 nitrogen and oxygen atoms in total. The van der Waals surface area contributed by atoms with E-state index in [0.717, 1.165) is 0 Å². The number of hydrogen-bond donors (Lipinski definition) is 1. The summed E-state index contributed by atoms with van der Waals surface area (Å²) in [5.74, 6) is -1.34. The van der Waals surface area contributed by atoms with Crippen LogP contribution in [-0.4, -0.2) is 31.2 Å². The first kappa shape index (κ1) is 11.2. The number of esters is 1. The molecule has 0 radical (unpaired) electrons. The van der Waals surface area contributed by atoms with E-state index in [0.29, 0.717) is 0 Å². The van der Waals surface area contributed by atoms with Crippen molar-refractivity contribution < 1.29 is 22.7 Å². The molecule has 0 spiro atoms. The molecule has 72 valence electrons. The van der Waals surface area contributed by atoms with E-state index in [1.165, 1.54) is 6.92 Å². The molecule has 0 rings (SSSR count). The van der Waals surface area contributed by atoms with Crippen molar-refractivity contribution in [2.75, 3.05) is 6.61 Å². The van der Waals surface area contributed by atoms with Gasteiger partial charge in [0.25, 0.3) is 6.43 Å². The van der Waals surface area contributed by atoms with Gasteiger partial charge in [-0.2, -0.15) is 0 Å². The van der Waals surface area contributed by atoms with Crippen LogP contribution >= 0.6 is 0 Å². The SMILES string of the molecule is CCOC(=O)C(F)C(N)C(F)F. The Balaban J connectivity index is 4.00. The minimum Gasteiger partial charge on any atom is -0.464 e. The van der Waals surface area contributed by atoms with Crippen molar-refractivity contribution in [2.24, 2.45) is 5.73 Å². The molecule has 0 saturated heterocycles.